The number of ether oxygens (including phenoxy) is 2. The van der Waals surface area contributed by atoms with E-state index < -0.39 is 29.5 Å². The Bertz CT molecular complexity index is 985. The maximum absolute atomic E-state index is 13.1. The zero-order valence-corrected chi connectivity index (χ0v) is 16.4. The number of ketones is 1. The molecule has 0 radical (unpaired) electrons. The number of nitrogens with zero attached hydrogens (tertiary/aromatic N) is 1. The second-order valence-corrected chi connectivity index (χ2v) is 7.18. The summed E-state index contributed by atoms with van der Waals surface area (Å²) < 4.78 is 15.6. The Hall–Kier alpha value is -3.39. The minimum absolute atomic E-state index is 0.0273. The summed E-state index contributed by atoms with van der Waals surface area (Å²) in [5.74, 6) is -2.27. The van der Waals surface area contributed by atoms with Gasteiger partial charge in [0.2, 0.25) is 5.78 Å². The summed E-state index contributed by atoms with van der Waals surface area (Å²) in [6.07, 6.45) is 2.87. The van der Waals surface area contributed by atoms with Gasteiger partial charge in [-0.05, 0) is 42.7 Å². The number of carbonyl (C=O) groups excluding carboxylic acids is 3. The summed E-state index contributed by atoms with van der Waals surface area (Å²) >= 11 is 0. The van der Waals surface area contributed by atoms with Gasteiger partial charge in [0.15, 0.2) is 11.5 Å². The van der Waals surface area contributed by atoms with Crippen LogP contribution in [-0.2, 0) is 14.3 Å². The van der Waals surface area contributed by atoms with E-state index in [1.165, 1.54) is 24.3 Å². The van der Waals surface area contributed by atoms with Crippen LogP contribution in [0.15, 0.2) is 58.4 Å². The van der Waals surface area contributed by atoms with Crippen LogP contribution < -0.4 is 0 Å². The van der Waals surface area contributed by atoms with E-state index in [-0.39, 0.29) is 24.0 Å². The minimum Gasteiger partial charge on any atom is -0.503 e. The van der Waals surface area contributed by atoms with Crippen molar-refractivity contribution in [2.75, 3.05) is 20.3 Å². The van der Waals surface area contributed by atoms with E-state index in [0.717, 1.165) is 12.8 Å². The molecular formula is C22H21NO7. The first-order valence-corrected chi connectivity index (χ1v) is 9.63. The third kappa shape index (κ3) is 3.50. The normalized spacial score (nSPS) is 21.4. The Labute approximate surface area is 172 Å². The Kier molecular flexibility index (Phi) is 5.41. The monoisotopic (exact) mass is 411 g/mol. The molecule has 1 N–H and O–H groups in total. The molecule has 1 saturated heterocycles. The van der Waals surface area contributed by atoms with Gasteiger partial charge in [-0.3, -0.25) is 9.59 Å². The highest BCUT2D eigenvalue weighted by molar-refractivity contribution is 6.15. The number of hydrogen-bond acceptors (Lipinski definition) is 7. The zero-order chi connectivity index (χ0) is 21.3. The highest BCUT2D eigenvalue weighted by Crippen LogP contribution is 2.39. The predicted molar refractivity (Wildman–Crippen MR) is 104 cm³/mol. The average molecular weight is 411 g/mol. The van der Waals surface area contributed by atoms with Gasteiger partial charge >= 0.3 is 5.97 Å². The van der Waals surface area contributed by atoms with Crippen molar-refractivity contribution in [1.29, 1.82) is 0 Å². The van der Waals surface area contributed by atoms with E-state index in [4.69, 9.17) is 13.9 Å². The van der Waals surface area contributed by atoms with Crippen molar-refractivity contribution in [3.63, 3.8) is 0 Å². The molecule has 8 heteroatoms. The first-order valence-electron chi connectivity index (χ1n) is 9.63. The summed E-state index contributed by atoms with van der Waals surface area (Å²) in [5.41, 5.74) is 0.857. The van der Waals surface area contributed by atoms with E-state index in [1.54, 1.807) is 30.3 Å². The van der Waals surface area contributed by atoms with E-state index >= 15 is 0 Å². The summed E-state index contributed by atoms with van der Waals surface area (Å²) in [6.45, 7) is 0.851. The van der Waals surface area contributed by atoms with Gasteiger partial charge in [-0.1, -0.05) is 12.1 Å². The van der Waals surface area contributed by atoms with Crippen LogP contribution in [0.5, 0.6) is 0 Å². The van der Waals surface area contributed by atoms with Crippen molar-refractivity contribution >= 4 is 17.7 Å². The Morgan fingerprint density at radius 1 is 1.23 bits per heavy atom. The number of esters is 1. The topological polar surface area (TPSA) is 106 Å². The largest absolute Gasteiger partial charge is 0.503 e. The lowest BCUT2D eigenvalue weighted by molar-refractivity contribution is -0.131. The first-order chi connectivity index (χ1) is 14.5. The Morgan fingerprint density at radius 2 is 2.00 bits per heavy atom. The lowest BCUT2D eigenvalue weighted by Crippen LogP contribution is -2.37. The van der Waals surface area contributed by atoms with Crippen molar-refractivity contribution in [3.8, 4) is 0 Å². The maximum atomic E-state index is 13.1. The first kappa shape index (κ1) is 19.9. The van der Waals surface area contributed by atoms with Crippen LogP contribution in [0.1, 0.15) is 45.4 Å². The molecule has 2 aliphatic rings. The second kappa shape index (κ2) is 8.16. The van der Waals surface area contributed by atoms with Crippen molar-refractivity contribution in [1.82, 2.24) is 4.90 Å². The van der Waals surface area contributed by atoms with Crippen LogP contribution >= 0.6 is 0 Å². The van der Waals surface area contributed by atoms with Crippen LogP contribution in [0.3, 0.4) is 0 Å². The zero-order valence-electron chi connectivity index (χ0n) is 16.4. The van der Waals surface area contributed by atoms with Crippen molar-refractivity contribution in [2.24, 2.45) is 0 Å². The number of carbonyl (C=O) groups is 3. The van der Waals surface area contributed by atoms with E-state index in [2.05, 4.69) is 0 Å². The van der Waals surface area contributed by atoms with Crippen LogP contribution in [-0.4, -0.2) is 54.0 Å². The van der Waals surface area contributed by atoms with Gasteiger partial charge in [0.05, 0.1) is 36.7 Å². The molecule has 4 rings (SSSR count). The van der Waals surface area contributed by atoms with Crippen LogP contribution in [0.4, 0.5) is 0 Å². The maximum Gasteiger partial charge on any atom is 0.337 e. The van der Waals surface area contributed by atoms with Gasteiger partial charge < -0.3 is 23.9 Å². The number of aliphatic hydroxyl groups is 1. The van der Waals surface area contributed by atoms with Gasteiger partial charge in [-0.25, -0.2) is 4.79 Å². The number of Topliss-reactive ketones (excluding diaryl/α,β-unsaturated/α-hetero) is 1. The quantitative estimate of drug-likeness (QED) is 0.575. The van der Waals surface area contributed by atoms with Gasteiger partial charge in [0.25, 0.3) is 5.91 Å². The number of furan rings is 1. The smallest absolute Gasteiger partial charge is 0.337 e. The number of hydrogen-bond donors (Lipinski definition) is 1. The summed E-state index contributed by atoms with van der Waals surface area (Å²) in [5, 5.41) is 10.6. The third-order valence-corrected chi connectivity index (χ3v) is 5.37. The average Bonchev–Trinajstić information content (AvgIpc) is 3.52. The molecule has 156 valence electrons. The van der Waals surface area contributed by atoms with E-state index in [0.29, 0.717) is 17.7 Å². The van der Waals surface area contributed by atoms with Crippen molar-refractivity contribution in [2.45, 2.75) is 25.0 Å². The Morgan fingerprint density at radius 3 is 2.60 bits per heavy atom. The SMILES string of the molecule is COC(=O)c1ccc([C@@H]2C(C(=O)c3ccco3)=C(O)C(=O)N2C[C@H]2CCCO2)cc1. The summed E-state index contributed by atoms with van der Waals surface area (Å²) in [6, 6.07) is 8.60. The molecule has 2 aromatic rings. The van der Waals surface area contributed by atoms with Gasteiger partial charge in [0.1, 0.15) is 0 Å². The molecule has 1 aromatic heterocycles. The second-order valence-electron chi connectivity index (χ2n) is 7.18. The number of rotatable bonds is 6. The lowest BCUT2D eigenvalue weighted by Gasteiger charge is -2.28. The third-order valence-electron chi connectivity index (χ3n) is 5.37. The molecule has 0 spiro atoms. The molecule has 1 fully saturated rings. The highest BCUT2D eigenvalue weighted by atomic mass is 16.5. The van der Waals surface area contributed by atoms with Crippen LogP contribution in [0.2, 0.25) is 0 Å². The molecular weight excluding hydrogens is 390 g/mol. The molecule has 1 aromatic carbocycles. The van der Waals surface area contributed by atoms with Gasteiger partial charge in [0, 0.05) is 13.2 Å². The standard InChI is InChI=1S/C22H21NO7/c1-28-22(27)14-8-6-13(7-9-14)18-17(19(24)16-5-3-11-30-16)20(25)21(26)23(18)12-15-4-2-10-29-15/h3,5-9,11,15,18,25H,2,4,10,12H2,1H3/t15-,18-/m1/s1. The molecule has 0 bridgehead atoms. The van der Waals surface area contributed by atoms with Crippen molar-refractivity contribution in [3.05, 3.63) is 70.9 Å². The molecule has 8 nitrogen and oxygen atoms in total. The van der Waals surface area contributed by atoms with Crippen LogP contribution in [0.25, 0.3) is 0 Å². The summed E-state index contributed by atoms with van der Waals surface area (Å²) in [7, 11) is 1.29. The van der Waals surface area contributed by atoms with E-state index in [9.17, 15) is 19.5 Å². The molecule has 0 unspecified atom stereocenters. The number of benzene rings is 1. The lowest BCUT2D eigenvalue weighted by atomic mass is 9.94. The fourth-order valence-corrected chi connectivity index (χ4v) is 3.89. The molecule has 1 amide bonds. The fourth-order valence-electron chi connectivity index (χ4n) is 3.89. The Balaban J connectivity index is 1.73. The van der Waals surface area contributed by atoms with Gasteiger partial charge in [-0.15, -0.1) is 0 Å². The van der Waals surface area contributed by atoms with Gasteiger partial charge in [-0.2, -0.15) is 0 Å². The molecule has 3 heterocycles. The summed E-state index contributed by atoms with van der Waals surface area (Å²) in [4.78, 5) is 39.1. The van der Waals surface area contributed by atoms with Crippen LogP contribution in [0, 0.1) is 0 Å². The van der Waals surface area contributed by atoms with Crippen molar-refractivity contribution < 1.29 is 33.4 Å². The van der Waals surface area contributed by atoms with E-state index in [1.807, 2.05) is 0 Å². The molecule has 2 aliphatic heterocycles. The fraction of sp³-hybridized carbons (Fsp3) is 0.318. The number of amides is 1. The molecule has 0 aliphatic carbocycles. The highest BCUT2D eigenvalue weighted by Gasteiger charge is 2.45. The predicted octanol–water partition coefficient (Wildman–Crippen LogP) is 2.82. The molecule has 2 atom stereocenters. The number of methoxy groups -OCH3 is 1. The minimum atomic E-state index is -0.828. The molecule has 0 saturated carbocycles. The number of aliphatic hydroxyl groups excluding tert-OH is 1. The molecule has 30 heavy (non-hydrogen) atoms.